The van der Waals surface area contributed by atoms with Crippen LogP contribution in [0.4, 0.5) is 0 Å². The van der Waals surface area contributed by atoms with Gasteiger partial charge in [0.15, 0.2) is 0 Å². The van der Waals surface area contributed by atoms with Crippen molar-refractivity contribution in [3.8, 4) is 0 Å². The molecule has 1 N–H and O–H groups in total. The van der Waals surface area contributed by atoms with Gasteiger partial charge in [0.2, 0.25) is 0 Å². The minimum Gasteiger partial charge on any atom is -0.507 e. The summed E-state index contributed by atoms with van der Waals surface area (Å²) in [5.74, 6) is -1.42. The molecule has 0 aliphatic carbocycles. The Morgan fingerprint density at radius 2 is 1.38 bits per heavy atom. The molecule has 1 aliphatic heterocycles. The van der Waals surface area contributed by atoms with Crippen LogP contribution in [0, 0.1) is 0 Å². The molecule has 0 radical (unpaired) electrons. The summed E-state index contributed by atoms with van der Waals surface area (Å²) in [6.45, 7) is 2.71. The van der Waals surface area contributed by atoms with E-state index in [2.05, 4.69) is 22.9 Å². The maximum atomic E-state index is 13.2. The van der Waals surface area contributed by atoms with Gasteiger partial charge in [0.1, 0.15) is 5.76 Å². The maximum Gasteiger partial charge on any atom is 0.295 e. The van der Waals surface area contributed by atoms with Crippen LogP contribution in [0.2, 0.25) is 5.02 Å². The molecule has 0 bridgehead atoms. The molecule has 1 aliphatic rings. The summed E-state index contributed by atoms with van der Waals surface area (Å²) in [5, 5.41) is 11.7. The minimum atomic E-state index is -0.709. The van der Waals surface area contributed by atoms with Gasteiger partial charge in [0.25, 0.3) is 11.7 Å². The first-order valence-corrected chi connectivity index (χ1v) is 15.9. The Morgan fingerprint density at radius 1 is 0.821 bits per heavy atom. The normalized spacial score (nSPS) is 16.8. The van der Waals surface area contributed by atoms with Gasteiger partial charge in [0, 0.05) is 21.6 Å². The quantitative estimate of drug-likeness (QED) is 0.0833. The zero-order chi connectivity index (χ0) is 28.0. The van der Waals surface area contributed by atoms with Crippen LogP contribution in [-0.4, -0.2) is 28.2 Å². The summed E-state index contributed by atoms with van der Waals surface area (Å²) in [6.07, 6.45) is 17.6. The highest BCUT2D eigenvalue weighted by molar-refractivity contribution is 9.10. The number of Topliss-reactive ketones (excluding diaryl/α,β-unsaturated/α-hetero) is 1. The lowest BCUT2D eigenvalue weighted by molar-refractivity contribution is -0.139. The largest absolute Gasteiger partial charge is 0.507 e. The number of halogens is 2. The van der Waals surface area contributed by atoms with Gasteiger partial charge < -0.3 is 10.0 Å². The molecule has 1 fully saturated rings. The number of hydrogen-bond donors (Lipinski definition) is 1. The topological polar surface area (TPSA) is 57.6 Å². The molecule has 2 aromatic carbocycles. The van der Waals surface area contributed by atoms with Crippen LogP contribution in [0.15, 0.2) is 58.6 Å². The molecule has 1 saturated heterocycles. The highest BCUT2D eigenvalue weighted by Crippen LogP contribution is 2.42. The van der Waals surface area contributed by atoms with Crippen molar-refractivity contribution < 1.29 is 14.7 Å². The van der Waals surface area contributed by atoms with Crippen molar-refractivity contribution in [1.29, 1.82) is 0 Å². The number of likely N-dealkylation sites (tertiary alicyclic amines) is 1. The van der Waals surface area contributed by atoms with Crippen LogP contribution in [-0.2, 0) is 9.59 Å². The van der Waals surface area contributed by atoms with Crippen molar-refractivity contribution in [2.75, 3.05) is 6.54 Å². The van der Waals surface area contributed by atoms with Gasteiger partial charge in [-0.05, 0) is 30.2 Å². The standard InChI is InChI=1S/C33H43BrClNO3/c1-2-3-4-5-6-7-8-9-10-11-12-13-14-17-23-36-30(27-21-15-16-22-28(27)35)29(32(38)33(36)39)31(37)25-19-18-20-26(34)24-25/h15-16,18-22,24,30,37H,2-14,17,23H2,1H3/b31-29-. The number of unbranched alkanes of at least 4 members (excludes halogenated alkanes) is 13. The molecule has 39 heavy (non-hydrogen) atoms. The van der Waals surface area contributed by atoms with E-state index in [0.29, 0.717) is 22.7 Å². The molecule has 3 rings (SSSR count). The Labute approximate surface area is 248 Å². The van der Waals surface area contributed by atoms with E-state index in [1.54, 1.807) is 29.2 Å². The van der Waals surface area contributed by atoms with Crippen LogP contribution < -0.4 is 0 Å². The molecule has 0 aromatic heterocycles. The lowest BCUT2D eigenvalue weighted by Crippen LogP contribution is -2.30. The summed E-state index contributed by atoms with van der Waals surface area (Å²) >= 11 is 9.96. The van der Waals surface area contributed by atoms with Gasteiger partial charge in [-0.25, -0.2) is 0 Å². The van der Waals surface area contributed by atoms with Crippen molar-refractivity contribution in [3.63, 3.8) is 0 Å². The fraction of sp³-hybridized carbons (Fsp3) is 0.515. The Kier molecular flexibility index (Phi) is 13.6. The molecule has 6 heteroatoms. The first-order valence-electron chi connectivity index (χ1n) is 14.7. The summed E-state index contributed by atoms with van der Waals surface area (Å²) in [7, 11) is 0. The summed E-state index contributed by atoms with van der Waals surface area (Å²) < 4.78 is 0.775. The van der Waals surface area contributed by atoms with E-state index in [-0.39, 0.29) is 11.3 Å². The van der Waals surface area contributed by atoms with E-state index in [0.717, 1.165) is 23.7 Å². The minimum absolute atomic E-state index is 0.0940. The average Bonchev–Trinajstić information content (AvgIpc) is 3.18. The number of carbonyl (C=O) groups excluding carboxylic acids is 2. The van der Waals surface area contributed by atoms with Gasteiger partial charge in [0.05, 0.1) is 11.6 Å². The number of carbonyl (C=O) groups is 2. The van der Waals surface area contributed by atoms with E-state index < -0.39 is 17.7 Å². The summed E-state index contributed by atoms with van der Waals surface area (Å²) in [6, 6.07) is 13.6. The first kappa shape index (κ1) is 31.4. The Balaban J connectivity index is 1.54. The number of aliphatic hydroxyl groups is 1. The van der Waals surface area contributed by atoms with Crippen molar-refractivity contribution in [3.05, 3.63) is 74.7 Å². The number of aliphatic hydroxyl groups excluding tert-OH is 1. The fourth-order valence-electron chi connectivity index (χ4n) is 5.40. The third-order valence-electron chi connectivity index (χ3n) is 7.59. The first-order chi connectivity index (χ1) is 19.0. The molecule has 1 amide bonds. The van der Waals surface area contributed by atoms with E-state index >= 15 is 0 Å². The summed E-state index contributed by atoms with van der Waals surface area (Å²) in [5.41, 5.74) is 1.23. The highest BCUT2D eigenvalue weighted by atomic mass is 79.9. The van der Waals surface area contributed by atoms with Crippen LogP contribution in [0.25, 0.3) is 5.76 Å². The molecule has 212 valence electrons. The lowest BCUT2D eigenvalue weighted by atomic mass is 9.95. The lowest BCUT2D eigenvalue weighted by Gasteiger charge is -2.26. The number of hydrogen-bond acceptors (Lipinski definition) is 3. The monoisotopic (exact) mass is 615 g/mol. The molecule has 0 spiro atoms. The second-order valence-corrected chi connectivity index (χ2v) is 11.9. The molecular formula is C33H43BrClNO3. The molecule has 4 nitrogen and oxygen atoms in total. The zero-order valence-corrected chi connectivity index (χ0v) is 25.6. The molecule has 1 heterocycles. The predicted octanol–water partition coefficient (Wildman–Crippen LogP) is 10.0. The second-order valence-electron chi connectivity index (χ2n) is 10.6. The van der Waals surface area contributed by atoms with Gasteiger partial charge >= 0.3 is 0 Å². The SMILES string of the molecule is CCCCCCCCCCCCCCCCN1C(=O)C(=O)/C(=C(\O)c2cccc(Br)c2)C1c1ccccc1Cl. The molecule has 1 unspecified atom stereocenters. The average molecular weight is 617 g/mol. The van der Waals surface area contributed by atoms with Gasteiger partial charge in [-0.2, -0.15) is 0 Å². The molecular weight excluding hydrogens is 574 g/mol. The number of benzene rings is 2. The Morgan fingerprint density at radius 3 is 1.95 bits per heavy atom. The number of nitrogens with zero attached hydrogens (tertiary/aromatic N) is 1. The summed E-state index contributed by atoms with van der Waals surface area (Å²) in [4.78, 5) is 27.9. The maximum absolute atomic E-state index is 13.2. The molecule has 1 atom stereocenters. The van der Waals surface area contributed by atoms with Gasteiger partial charge in [-0.3, -0.25) is 9.59 Å². The van der Waals surface area contributed by atoms with Crippen LogP contribution in [0.5, 0.6) is 0 Å². The van der Waals surface area contributed by atoms with Crippen molar-refractivity contribution in [2.24, 2.45) is 0 Å². The number of rotatable bonds is 17. The van der Waals surface area contributed by atoms with Crippen LogP contribution in [0.3, 0.4) is 0 Å². The van der Waals surface area contributed by atoms with Crippen molar-refractivity contribution in [1.82, 2.24) is 4.90 Å². The van der Waals surface area contributed by atoms with Gasteiger partial charge in [-0.1, -0.05) is 148 Å². The van der Waals surface area contributed by atoms with E-state index in [9.17, 15) is 14.7 Å². The molecule has 0 saturated carbocycles. The number of amides is 1. The molecule has 2 aromatic rings. The van der Waals surface area contributed by atoms with Crippen molar-refractivity contribution >= 4 is 45.0 Å². The fourth-order valence-corrected chi connectivity index (χ4v) is 6.04. The van der Waals surface area contributed by atoms with E-state index in [1.165, 1.54) is 70.6 Å². The Hall–Kier alpha value is -2.11. The van der Waals surface area contributed by atoms with E-state index in [4.69, 9.17) is 11.6 Å². The third kappa shape index (κ3) is 9.21. The second kappa shape index (κ2) is 16.9. The van der Waals surface area contributed by atoms with E-state index in [1.807, 2.05) is 24.3 Å². The Bertz CT molecular complexity index is 1120. The van der Waals surface area contributed by atoms with Crippen LogP contribution >= 0.6 is 27.5 Å². The van der Waals surface area contributed by atoms with Crippen LogP contribution in [0.1, 0.15) is 114 Å². The highest BCUT2D eigenvalue weighted by Gasteiger charge is 2.46. The third-order valence-corrected chi connectivity index (χ3v) is 8.43. The zero-order valence-electron chi connectivity index (χ0n) is 23.3. The van der Waals surface area contributed by atoms with Gasteiger partial charge in [-0.15, -0.1) is 0 Å². The smallest absolute Gasteiger partial charge is 0.295 e. The number of ketones is 1. The van der Waals surface area contributed by atoms with Crippen molar-refractivity contribution in [2.45, 2.75) is 103 Å². The predicted molar refractivity (Wildman–Crippen MR) is 165 cm³/mol.